The van der Waals surface area contributed by atoms with Gasteiger partial charge >= 0.3 is 0 Å². The van der Waals surface area contributed by atoms with E-state index in [1.54, 1.807) is 0 Å². The van der Waals surface area contributed by atoms with E-state index in [2.05, 4.69) is 24.1 Å². The summed E-state index contributed by atoms with van der Waals surface area (Å²) in [5.74, 6) is 2.79. The van der Waals surface area contributed by atoms with Crippen molar-refractivity contribution in [3.63, 3.8) is 0 Å². The van der Waals surface area contributed by atoms with E-state index in [4.69, 9.17) is 5.73 Å². The van der Waals surface area contributed by atoms with Gasteiger partial charge in [0.2, 0.25) is 0 Å². The summed E-state index contributed by atoms with van der Waals surface area (Å²) in [4.78, 5) is 0. The molecule has 0 heterocycles. The van der Waals surface area contributed by atoms with E-state index in [1.165, 1.54) is 0 Å². The Morgan fingerprint density at radius 3 is 2.89 bits per heavy atom. The maximum Gasteiger partial charge on any atom is 0.0220 e. The van der Waals surface area contributed by atoms with Crippen LogP contribution in [0.1, 0.15) is 12.8 Å². The molecule has 0 unspecified atom stereocenters. The quantitative estimate of drug-likeness (QED) is 0.376. The van der Waals surface area contributed by atoms with Gasteiger partial charge in [0.15, 0.2) is 0 Å². The summed E-state index contributed by atoms with van der Waals surface area (Å²) in [5, 5.41) is 0. The van der Waals surface area contributed by atoms with Crippen LogP contribution >= 0.6 is 0 Å². The summed E-state index contributed by atoms with van der Waals surface area (Å²) >= 11 is 0. The fourth-order valence-electron chi connectivity index (χ4n) is 0.789. The van der Waals surface area contributed by atoms with Gasteiger partial charge in [-0.25, -0.2) is 0 Å². The van der Waals surface area contributed by atoms with E-state index >= 15 is 0 Å². The van der Waals surface area contributed by atoms with Gasteiger partial charge < -0.3 is 5.73 Å². The van der Waals surface area contributed by atoms with Gasteiger partial charge in [0.05, 0.1) is 0 Å². The molecular weight excluding hydrogens is 110 g/mol. The lowest BCUT2D eigenvalue weighted by Crippen LogP contribution is -1.83. The van der Waals surface area contributed by atoms with Crippen molar-refractivity contribution in [2.45, 2.75) is 12.8 Å². The molecule has 9 heavy (non-hydrogen) atoms. The Kier molecular flexibility index (Phi) is 1.98. The molecule has 0 fully saturated rings. The number of allylic oxidation sites excluding steroid dienone is 4. The van der Waals surface area contributed by atoms with Crippen LogP contribution in [0.25, 0.3) is 0 Å². The standard InChI is InChI=1S/C8H9N/c9-7-6-8-4-2-1-3-5-8/h2,4-5H,1,3,9H2. The molecule has 1 heteroatoms. The minimum absolute atomic E-state index is 1.05. The summed E-state index contributed by atoms with van der Waals surface area (Å²) in [6.45, 7) is 0. The molecule has 2 N–H and O–H groups in total. The second kappa shape index (κ2) is 2.99. The minimum atomic E-state index is 1.05. The van der Waals surface area contributed by atoms with Crippen molar-refractivity contribution >= 4 is 0 Å². The predicted octanol–water partition coefficient (Wildman–Crippen LogP) is 1.18. The highest BCUT2D eigenvalue weighted by molar-refractivity contribution is 5.38. The van der Waals surface area contributed by atoms with Crippen molar-refractivity contribution in [2.75, 3.05) is 0 Å². The van der Waals surface area contributed by atoms with Crippen molar-refractivity contribution < 1.29 is 0 Å². The van der Waals surface area contributed by atoms with E-state index in [0.717, 1.165) is 18.4 Å². The molecular formula is C8H9N. The fourth-order valence-corrected chi connectivity index (χ4v) is 0.789. The van der Waals surface area contributed by atoms with Gasteiger partial charge in [0.1, 0.15) is 0 Å². The van der Waals surface area contributed by atoms with Gasteiger partial charge in [0.25, 0.3) is 0 Å². The number of hydrogen-bond donors (Lipinski definition) is 1. The van der Waals surface area contributed by atoms with Crippen molar-refractivity contribution in [1.29, 1.82) is 0 Å². The van der Waals surface area contributed by atoms with Crippen LogP contribution in [0.5, 0.6) is 0 Å². The highest BCUT2D eigenvalue weighted by atomic mass is 14.5. The maximum atomic E-state index is 5.02. The summed E-state index contributed by atoms with van der Waals surface area (Å²) in [7, 11) is 0. The van der Waals surface area contributed by atoms with Gasteiger partial charge in [-0.1, -0.05) is 18.2 Å². The number of rotatable bonds is 0. The van der Waals surface area contributed by atoms with Crippen LogP contribution in [-0.2, 0) is 0 Å². The van der Waals surface area contributed by atoms with Crippen molar-refractivity contribution in [3.8, 4) is 12.0 Å². The van der Waals surface area contributed by atoms with Gasteiger partial charge in [-0.05, 0) is 18.8 Å². The molecule has 46 valence electrons. The summed E-state index contributed by atoms with van der Waals surface area (Å²) in [5.41, 5.74) is 6.07. The van der Waals surface area contributed by atoms with Crippen molar-refractivity contribution in [2.24, 2.45) is 5.73 Å². The van der Waals surface area contributed by atoms with Gasteiger partial charge in [0, 0.05) is 11.6 Å². The van der Waals surface area contributed by atoms with Gasteiger partial charge in [-0.2, -0.15) is 0 Å². The molecule has 1 rings (SSSR count). The van der Waals surface area contributed by atoms with Crippen LogP contribution in [0, 0.1) is 12.0 Å². The lowest BCUT2D eigenvalue weighted by molar-refractivity contribution is 1.03. The van der Waals surface area contributed by atoms with Crippen LogP contribution in [-0.4, -0.2) is 0 Å². The molecule has 1 aliphatic carbocycles. The first-order valence-electron chi connectivity index (χ1n) is 3.02. The Hall–Kier alpha value is -1.16. The zero-order valence-corrected chi connectivity index (χ0v) is 5.22. The first kappa shape index (κ1) is 5.97. The largest absolute Gasteiger partial charge is 0.359 e. The van der Waals surface area contributed by atoms with E-state index in [1.807, 2.05) is 6.08 Å². The molecule has 1 nitrogen and oxygen atoms in total. The smallest absolute Gasteiger partial charge is 0.0220 e. The number of nitrogens with two attached hydrogens (primary N) is 1. The van der Waals surface area contributed by atoms with Gasteiger partial charge in [-0.15, -0.1) is 0 Å². The van der Waals surface area contributed by atoms with Crippen molar-refractivity contribution in [3.05, 3.63) is 23.8 Å². The fraction of sp³-hybridized carbons (Fsp3) is 0.250. The second-order valence-electron chi connectivity index (χ2n) is 1.91. The molecule has 0 aliphatic heterocycles. The Morgan fingerprint density at radius 1 is 1.44 bits per heavy atom. The molecule has 0 spiro atoms. The molecule has 0 aromatic carbocycles. The van der Waals surface area contributed by atoms with Gasteiger partial charge in [-0.3, -0.25) is 0 Å². The summed E-state index contributed by atoms with van der Waals surface area (Å²) in [6.07, 6.45) is 8.44. The zero-order chi connectivity index (χ0) is 6.53. The third kappa shape index (κ3) is 1.65. The molecule has 0 aromatic heterocycles. The lowest BCUT2D eigenvalue weighted by Gasteiger charge is -1.96. The third-order valence-corrected chi connectivity index (χ3v) is 1.21. The summed E-state index contributed by atoms with van der Waals surface area (Å²) < 4.78 is 0. The Morgan fingerprint density at radius 2 is 2.33 bits per heavy atom. The minimum Gasteiger partial charge on any atom is -0.359 e. The first-order chi connectivity index (χ1) is 4.43. The normalized spacial score (nSPS) is 15.8. The van der Waals surface area contributed by atoms with Crippen LogP contribution < -0.4 is 5.73 Å². The molecule has 1 aliphatic rings. The van der Waals surface area contributed by atoms with E-state index in [-0.39, 0.29) is 0 Å². The molecule has 0 radical (unpaired) electrons. The van der Waals surface area contributed by atoms with Crippen LogP contribution in [0.3, 0.4) is 0 Å². The molecule has 0 bridgehead atoms. The molecule has 0 atom stereocenters. The zero-order valence-electron chi connectivity index (χ0n) is 5.22. The van der Waals surface area contributed by atoms with E-state index in [0.29, 0.717) is 0 Å². The second-order valence-corrected chi connectivity index (χ2v) is 1.91. The topological polar surface area (TPSA) is 26.0 Å². The predicted molar refractivity (Wildman–Crippen MR) is 38.4 cm³/mol. The monoisotopic (exact) mass is 119 g/mol. The average molecular weight is 119 g/mol. The molecule has 0 saturated carbocycles. The van der Waals surface area contributed by atoms with E-state index in [9.17, 15) is 0 Å². The summed E-state index contributed by atoms with van der Waals surface area (Å²) in [6, 6.07) is 2.37. The maximum absolute atomic E-state index is 5.02. The van der Waals surface area contributed by atoms with E-state index < -0.39 is 0 Å². The Labute approximate surface area is 55.2 Å². The average Bonchev–Trinajstić information content (AvgIpc) is 1.91. The first-order valence-corrected chi connectivity index (χ1v) is 3.02. The highest BCUT2D eigenvalue weighted by Gasteiger charge is 1.90. The van der Waals surface area contributed by atoms with Crippen LogP contribution in [0.2, 0.25) is 0 Å². The third-order valence-electron chi connectivity index (χ3n) is 1.21. The molecule has 0 aromatic rings. The number of hydrogen-bond acceptors (Lipinski definition) is 1. The molecule has 0 amide bonds. The molecule has 0 saturated heterocycles. The Balaban J connectivity index is 2.65. The van der Waals surface area contributed by atoms with Crippen LogP contribution in [0.4, 0.5) is 0 Å². The Bertz CT molecular complexity index is 200. The lowest BCUT2D eigenvalue weighted by atomic mass is 10.1. The highest BCUT2D eigenvalue weighted by Crippen LogP contribution is 2.07. The van der Waals surface area contributed by atoms with Crippen molar-refractivity contribution in [1.82, 2.24) is 0 Å². The van der Waals surface area contributed by atoms with Crippen LogP contribution in [0.15, 0.2) is 23.8 Å². The SMILES string of the molecule is NC#CC1=CCCC=C1.